The first-order valence-electron chi connectivity index (χ1n) is 11.1. The van der Waals surface area contributed by atoms with Crippen LogP contribution in [0.15, 0.2) is 48.5 Å². The fourth-order valence-corrected chi connectivity index (χ4v) is 4.09. The van der Waals surface area contributed by atoms with Crippen molar-refractivity contribution in [2.75, 3.05) is 38.3 Å². The van der Waals surface area contributed by atoms with Crippen LogP contribution < -0.4 is 9.64 Å². The molecule has 0 aromatic heterocycles. The number of hydrogen-bond donors (Lipinski definition) is 1. The molecular formula is C25H32N2O4. The van der Waals surface area contributed by atoms with Crippen LogP contribution in [0.25, 0.3) is 0 Å². The van der Waals surface area contributed by atoms with Crippen molar-refractivity contribution in [2.24, 2.45) is 5.92 Å². The van der Waals surface area contributed by atoms with Gasteiger partial charge in [0.25, 0.3) is 0 Å². The molecule has 4 rings (SSSR count). The molecule has 0 bridgehead atoms. The van der Waals surface area contributed by atoms with E-state index in [1.807, 2.05) is 53.4 Å². The number of amides is 1. The van der Waals surface area contributed by atoms with Gasteiger partial charge >= 0.3 is 0 Å². The summed E-state index contributed by atoms with van der Waals surface area (Å²) >= 11 is 0. The molecule has 1 fully saturated rings. The van der Waals surface area contributed by atoms with E-state index in [1.165, 1.54) is 12.8 Å². The standard InChI is InChI=1S/C25H32N2O4/c1-30-23-9-10-24-21(13-23)15-27(14-19-7-8-19)25(29)11-12-26(24)16-22(28)18-31-17-20-5-3-2-4-6-20/h2-6,9-10,13,19,22,28H,7-8,11-12,14-18H2,1H3/t22-/m1/s1. The lowest BCUT2D eigenvalue weighted by atomic mass is 10.1. The van der Waals surface area contributed by atoms with Gasteiger partial charge in [-0.3, -0.25) is 4.79 Å². The Hall–Kier alpha value is -2.57. The molecule has 2 aromatic rings. The predicted molar refractivity (Wildman–Crippen MR) is 120 cm³/mol. The lowest BCUT2D eigenvalue weighted by molar-refractivity contribution is -0.132. The number of β-amino-alcohol motifs (C(OH)–C–C–N with tert-alkyl or cyclic N) is 1. The molecule has 0 unspecified atom stereocenters. The Labute approximate surface area is 184 Å². The molecule has 6 nitrogen and oxygen atoms in total. The van der Waals surface area contributed by atoms with Gasteiger partial charge in [0.15, 0.2) is 0 Å². The third-order valence-corrected chi connectivity index (χ3v) is 5.97. The minimum absolute atomic E-state index is 0.181. The summed E-state index contributed by atoms with van der Waals surface area (Å²) in [6.45, 7) is 3.14. The van der Waals surface area contributed by atoms with Crippen molar-refractivity contribution in [3.8, 4) is 5.75 Å². The van der Waals surface area contributed by atoms with Gasteiger partial charge < -0.3 is 24.4 Å². The van der Waals surface area contributed by atoms with Crippen LogP contribution in [0.3, 0.4) is 0 Å². The maximum Gasteiger partial charge on any atom is 0.224 e. The SMILES string of the molecule is COc1ccc2c(c1)CN(CC1CC1)C(=O)CCN2C[C@@H](O)COCc1ccccc1. The van der Waals surface area contributed by atoms with Gasteiger partial charge in [-0.1, -0.05) is 30.3 Å². The Morgan fingerprint density at radius 3 is 2.68 bits per heavy atom. The topological polar surface area (TPSA) is 62.2 Å². The van der Waals surface area contributed by atoms with Crippen LogP contribution in [-0.4, -0.2) is 55.4 Å². The summed E-state index contributed by atoms with van der Waals surface area (Å²) in [5.41, 5.74) is 3.20. The highest BCUT2D eigenvalue weighted by Crippen LogP contribution is 2.33. The number of carbonyl (C=O) groups is 1. The highest BCUT2D eigenvalue weighted by molar-refractivity contribution is 5.78. The van der Waals surface area contributed by atoms with E-state index in [1.54, 1.807) is 7.11 Å². The average Bonchev–Trinajstić information content (AvgIpc) is 3.60. The Morgan fingerprint density at radius 2 is 1.94 bits per heavy atom. The van der Waals surface area contributed by atoms with Crippen LogP contribution in [0.1, 0.15) is 30.4 Å². The van der Waals surface area contributed by atoms with Crippen molar-refractivity contribution in [2.45, 2.75) is 38.5 Å². The van der Waals surface area contributed by atoms with E-state index in [0.29, 0.717) is 38.6 Å². The third-order valence-electron chi connectivity index (χ3n) is 5.97. The second-order valence-corrected chi connectivity index (χ2v) is 8.56. The number of aliphatic hydroxyl groups excluding tert-OH is 1. The second-order valence-electron chi connectivity index (χ2n) is 8.56. The van der Waals surface area contributed by atoms with Gasteiger partial charge in [0, 0.05) is 38.3 Å². The van der Waals surface area contributed by atoms with E-state index in [4.69, 9.17) is 9.47 Å². The third kappa shape index (κ3) is 5.99. The van der Waals surface area contributed by atoms with Crippen LogP contribution in [0, 0.1) is 5.92 Å². The van der Waals surface area contributed by atoms with E-state index in [2.05, 4.69) is 4.90 Å². The normalized spacial score (nSPS) is 17.7. The molecule has 1 atom stereocenters. The maximum atomic E-state index is 12.8. The number of fused-ring (bicyclic) bond motifs is 1. The van der Waals surface area contributed by atoms with Gasteiger partial charge in [-0.2, -0.15) is 0 Å². The number of rotatable bonds is 9. The number of ether oxygens (including phenoxy) is 2. The molecule has 0 radical (unpaired) electrons. The first kappa shape index (κ1) is 21.7. The number of methoxy groups -OCH3 is 1. The van der Waals surface area contributed by atoms with Crippen LogP contribution in [-0.2, 0) is 22.7 Å². The molecule has 1 amide bonds. The smallest absolute Gasteiger partial charge is 0.224 e. The Morgan fingerprint density at radius 1 is 1.13 bits per heavy atom. The molecule has 1 aliphatic carbocycles. The highest BCUT2D eigenvalue weighted by atomic mass is 16.5. The van der Waals surface area contributed by atoms with Crippen LogP contribution in [0.5, 0.6) is 5.75 Å². The summed E-state index contributed by atoms with van der Waals surface area (Å²) in [5.74, 6) is 1.61. The van der Waals surface area contributed by atoms with Crippen molar-refractivity contribution < 1.29 is 19.4 Å². The van der Waals surface area contributed by atoms with Crippen LogP contribution >= 0.6 is 0 Å². The van der Waals surface area contributed by atoms with Crippen LogP contribution in [0.4, 0.5) is 5.69 Å². The number of anilines is 1. The maximum absolute atomic E-state index is 12.8. The quantitative estimate of drug-likeness (QED) is 0.670. The summed E-state index contributed by atoms with van der Waals surface area (Å²) in [5, 5.41) is 10.6. The van der Waals surface area contributed by atoms with Gasteiger partial charge in [0.2, 0.25) is 5.91 Å². The van der Waals surface area contributed by atoms with E-state index >= 15 is 0 Å². The Balaban J connectivity index is 1.43. The van der Waals surface area contributed by atoms with E-state index in [-0.39, 0.29) is 12.5 Å². The van der Waals surface area contributed by atoms with E-state index in [0.717, 1.165) is 29.1 Å². The van der Waals surface area contributed by atoms with E-state index in [9.17, 15) is 9.90 Å². The fourth-order valence-electron chi connectivity index (χ4n) is 4.09. The highest BCUT2D eigenvalue weighted by Gasteiger charge is 2.29. The van der Waals surface area contributed by atoms with Crippen molar-refractivity contribution >= 4 is 11.6 Å². The molecule has 0 saturated heterocycles. The predicted octanol–water partition coefficient (Wildman–Crippen LogP) is 3.22. The van der Waals surface area contributed by atoms with Crippen molar-refractivity contribution in [3.05, 3.63) is 59.7 Å². The zero-order valence-corrected chi connectivity index (χ0v) is 18.2. The lowest BCUT2D eigenvalue weighted by Crippen LogP contribution is -2.42. The van der Waals surface area contributed by atoms with Gasteiger partial charge in [-0.25, -0.2) is 0 Å². The molecule has 31 heavy (non-hydrogen) atoms. The largest absolute Gasteiger partial charge is 0.497 e. The Kier molecular flexibility index (Phi) is 7.10. The van der Waals surface area contributed by atoms with Gasteiger partial charge in [-0.05, 0) is 48.1 Å². The monoisotopic (exact) mass is 424 g/mol. The zero-order valence-electron chi connectivity index (χ0n) is 18.2. The molecular weight excluding hydrogens is 392 g/mol. The molecule has 0 spiro atoms. The van der Waals surface area contributed by atoms with Gasteiger partial charge in [-0.15, -0.1) is 0 Å². The van der Waals surface area contributed by atoms with Crippen molar-refractivity contribution in [1.82, 2.24) is 4.90 Å². The summed E-state index contributed by atoms with van der Waals surface area (Å²) < 4.78 is 11.1. The number of benzene rings is 2. The second kappa shape index (κ2) is 10.2. The first-order valence-corrected chi connectivity index (χ1v) is 11.1. The molecule has 1 saturated carbocycles. The molecule has 1 aliphatic heterocycles. The van der Waals surface area contributed by atoms with Gasteiger partial charge in [0.1, 0.15) is 5.75 Å². The molecule has 1 heterocycles. The van der Waals surface area contributed by atoms with Crippen molar-refractivity contribution in [3.63, 3.8) is 0 Å². The minimum Gasteiger partial charge on any atom is -0.497 e. The summed E-state index contributed by atoms with van der Waals surface area (Å²) in [4.78, 5) is 16.9. The molecule has 166 valence electrons. The number of nitrogens with zero attached hydrogens (tertiary/aromatic N) is 2. The average molecular weight is 425 g/mol. The van der Waals surface area contributed by atoms with Gasteiger partial charge in [0.05, 0.1) is 26.4 Å². The fraction of sp³-hybridized carbons (Fsp3) is 0.480. The van der Waals surface area contributed by atoms with Crippen molar-refractivity contribution in [1.29, 1.82) is 0 Å². The zero-order chi connectivity index (χ0) is 21.6. The summed E-state index contributed by atoms with van der Waals surface area (Å²) in [6.07, 6.45) is 2.25. The van der Waals surface area contributed by atoms with E-state index < -0.39 is 6.10 Å². The number of aliphatic hydroxyl groups is 1. The summed E-state index contributed by atoms with van der Waals surface area (Å²) in [7, 11) is 1.66. The number of hydrogen-bond acceptors (Lipinski definition) is 5. The number of carbonyl (C=O) groups excluding carboxylic acids is 1. The Bertz CT molecular complexity index is 869. The summed E-state index contributed by atoms with van der Waals surface area (Å²) in [6, 6.07) is 15.9. The molecule has 1 N–H and O–H groups in total. The van der Waals surface area contributed by atoms with Crippen LogP contribution in [0.2, 0.25) is 0 Å². The molecule has 6 heteroatoms. The molecule has 2 aromatic carbocycles. The first-order chi connectivity index (χ1) is 15.1. The molecule has 2 aliphatic rings. The lowest BCUT2D eigenvalue weighted by Gasteiger charge is -2.34. The minimum atomic E-state index is -0.643.